The first-order valence-electron chi connectivity index (χ1n) is 8.83. The molecule has 1 aromatic heterocycles. The minimum Gasteiger partial charge on any atom is -0.355 e. The van der Waals surface area contributed by atoms with Crippen molar-refractivity contribution in [2.45, 2.75) is 12.6 Å². The SMILES string of the molecule is CN=C(NCc1ccnc2ccccc12)NCC1CN(C)CCN1C. The maximum atomic E-state index is 4.42. The molecule has 1 aliphatic heterocycles. The number of benzene rings is 1. The van der Waals surface area contributed by atoms with Gasteiger partial charge in [-0.25, -0.2) is 0 Å². The van der Waals surface area contributed by atoms with Crippen LogP contribution in [-0.2, 0) is 6.54 Å². The summed E-state index contributed by atoms with van der Waals surface area (Å²) in [7, 11) is 6.19. The first kappa shape index (κ1) is 17.6. The Morgan fingerprint density at radius 2 is 2.04 bits per heavy atom. The molecule has 3 rings (SSSR count). The fourth-order valence-corrected chi connectivity index (χ4v) is 3.25. The van der Waals surface area contributed by atoms with E-state index in [1.54, 1.807) is 0 Å². The third-order valence-electron chi connectivity index (χ3n) is 4.89. The van der Waals surface area contributed by atoms with Gasteiger partial charge in [-0.05, 0) is 31.8 Å². The summed E-state index contributed by atoms with van der Waals surface area (Å²) in [5.74, 6) is 0.836. The zero-order valence-electron chi connectivity index (χ0n) is 15.4. The molecule has 1 unspecified atom stereocenters. The molecule has 25 heavy (non-hydrogen) atoms. The summed E-state index contributed by atoms with van der Waals surface area (Å²) in [5, 5.41) is 8.07. The van der Waals surface area contributed by atoms with Crippen molar-refractivity contribution >= 4 is 16.9 Å². The van der Waals surface area contributed by atoms with Crippen LogP contribution in [0.5, 0.6) is 0 Å². The Hall–Kier alpha value is -2.18. The smallest absolute Gasteiger partial charge is 0.191 e. The second-order valence-electron chi connectivity index (χ2n) is 6.69. The third-order valence-corrected chi connectivity index (χ3v) is 4.89. The monoisotopic (exact) mass is 340 g/mol. The molecule has 1 atom stereocenters. The number of pyridine rings is 1. The lowest BCUT2D eigenvalue weighted by atomic mass is 10.1. The highest BCUT2D eigenvalue weighted by molar-refractivity contribution is 5.83. The van der Waals surface area contributed by atoms with E-state index in [-0.39, 0.29) is 0 Å². The molecule has 0 radical (unpaired) electrons. The number of rotatable bonds is 4. The number of hydrogen-bond acceptors (Lipinski definition) is 4. The summed E-state index contributed by atoms with van der Waals surface area (Å²) in [6.07, 6.45) is 1.86. The molecular weight excluding hydrogens is 312 g/mol. The lowest BCUT2D eigenvalue weighted by Gasteiger charge is -2.37. The average Bonchev–Trinajstić information content (AvgIpc) is 2.64. The zero-order valence-corrected chi connectivity index (χ0v) is 15.4. The predicted molar refractivity (Wildman–Crippen MR) is 104 cm³/mol. The molecule has 1 fully saturated rings. The van der Waals surface area contributed by atoms with Crippen LogP contribution in [0.1, 0.15) is 5.56 Å². The number of para-hydroxylation sites is 1. The lowest BCUT2D eigenvalue weighted by Crippen LogP contribution is -2.55. The summed E-state index contributed by atoms with van der Waals surface area (Å²) >= 11 is 0. The molecule has 6 heteroatoms. The van der Waals surface area contributed by atoms with Gasteiger partial charge in [0, 0.05) is 57.4 Å². The maximum absolute atomic E-state index is 4.42. The zero-order chi connectivity index (χ0) is 17.6. The van der Waals surface area contributed by atoms with Crippen LogP contribution < -0.4 is 10.6 Å². The van der Waals surface area contributed by atoms with Crippen LogP contribution in [0.4, 0.5) is 0 Å². The van der Waals surface area contributed by atoms with Crippen LogP contribution >= 0.6 is 0 Å². The van der Waals surface area contributed by atoms with Crippen molar-refractivity contribution in [1.29, 1.82) is 0 Å². The molecule has 0 bridgehead atoms. The second-order valence-corrected chi connectivity index (χ2v) is 6.69. The Kier molecular flexibility index (Phi) is 5.83. The fourth-order valence-electron chi connectivity index (χ4n) is 3.25. The van der Waals surface area contributed by atoms with Crippen molar-refractivity contribution in [3.63, 3.8) is 0 Å². The number of fused-ring (bicyclic) bond motifs is 1. The highest BCUT2D eigenvalue weighted by atomic mass is 15.3. The topological polar surface area (TPSA) is 55.8 Å². The molecule has 0 spiro atoms. The van der Waals surface area contributed by atoms with E-state index in [9.17, 15) is 0 Å². The summed E-state index contributed by atoms with van der Waals surface area (Å²) in [6, 6.07) is 10.8. The predicted octanol–water partition coefficient (Wildman–Crippen LogP) is 1.15. The maximum Gasteiger partial charge on any atom is 0.191 e. The van der Waals surface area contributed by atoms with Crippen LogP contribution in [0.3, 0.4) is 0 Å². The van der Waals surface area contributed by atoms with Crippen molar-refractivity contribution in [2.75, 3.05) is 47.3 Å². The second kappa shape index (κ2) is 8.27. The van der Waals surface area contributed by atoms with E-state index >= 15 is 0 Å². The normalized spacial score (nSPS) is 20.0. The average molecular weight is 340 g/mol. The van der Waals surface area contributed by atoms with Crippen LogP contribution in [0, 0.1) is 0 Å². The Balaban J connectivity index is 1.57. The van der Waals surface area contributed by atoms with E-state index in [1.807, 2.05) is 25.4 Å². The van der Waals surface area contributed by atoms with Gasteiger partial charge in [-0.1, -0.05) is 18.2 Å². The van der Waals surface area contributed by atoms with Crippen LogP contribution in [0.25, 0.3) is 10.9 Å². The molecular formula is C19H28N6. The fraction of sp³-hybridized carbons (Fsp3) is 0.474. The molecule has 1 saturated heterocycles. The largest absolute Gasteiger partial charge is 0.355 e. The number of guanidine groups is 1. The first-order valence-corrected chi connectivity index (χ1v) is 8.83. The van der Waals surface area contributed by atoms with Crippen molar-refractivity contribution in [2.24, 2.45) is 4.99 Å². The van der Waals surface area contributed by atoms with Crippen molar-refractivity contribution in [1.82, 2.24) is 25.4 Å². The van der Waals surface area contributed by atoms with Gasteiger partial charge in [0.25, 0.3) is 0 Å². The Labute approximate surface area is 149 Å². The van der Waals surface area contributed by atoms with Gasteiger partial charge in [0.1, 0.15) is 0 Å². The van der Waals surface area contributed by atoms with Gasteiger partial charge in [-0.2, -0.15) is 0 Å². The number of aromatic nitrogens is 1. The van der Waals surface area contributed by atoms with Gasteiger partial charge in [-0.15, -0.1) is 0 Å². The standard InChI is InChI=1S/C19H28N6/c1-20-19(23-13-16-14-24(2)10-11-25(16)3)22-12-15-8-9-21-18-7-5-4-6-17(15)18/h4-9,16H,10-14H2,1-3H3,(H2,20,22,23). The van der Waals surface area contributed by atoms with Crippen LogP contribution in [0.15, 0.2) is 41.5 Å². The summed E-state index contributed by atoms with van der Waals surface area (Å²) in [5.41, 5.74) is 2.25. The molecule has 6 nitrogen and oxygen atoms in total. The Morgan fingerprint density at radius 1 is 1.20 bits per heavy atom. The van der Waals surface area contributed by atoms with Gasteiger partial charge in [-0.3, -0.25) is 14.9 Å². The highest BCUT2D eigenvalue weighted by Gasteiger charge is 2.22. The van der Waals surface area contributed by atoms with Gasteiger partial charge in [0.05, 0.1) is 5.52 Å². The van der Waals surface area contributed by atoms with E-state index in [0.717, 1.165) is 44.2 Å². The van der Waals surface area contributed by atoms with E-state index in [1.165, 1.54) is 10.9 Å². The van der Waals surface area contributed by atoms with Gasteiger partial charge >= 0.3 is 0 Å². The number of hydrogen-bond donors (Lipinski definition) is 2. The van der Waals surface area contributed by atoms with Crippen LogP contribution in [-0.4, -0.2) is 74.1 Å². The lowest BCUT2D eigenvalue weighted by molar-refractivity contribution is 0.116. The van der Waals surface area contributed by atoms with Gasteiger partial charge < -0.3 is 15.5 Å². The van der Waals surface area contributed by atoms with Crippen molar-refractivity contribution < 1.29 is 0 Å². The molecule has 2 N–H and O–H groups in total. The number of aliphatic imine (C=N–C) groups is 1. The van der Waals surface area contributed by atoms with E-state index in [4.69, 9.17) is 0 Å². The van der Waals surface area contributed by atoms with Gasteiger partial charge in [0.15, 0.2) is 5.96 Å². The molecule has 0 saturated carbocycles. The molecule has 134 valence electrons. The number of piperazine rings is 1. The first-order chi connectivity index (χ1) is 12.2. The molecule has 2 aromatic rings. The van der Waals surface area contributed by atoms with Crippen molar-refractivity contribution in [3.8, 4) is 0 Å². The Morgan fingerprint density at radius 3 is 2.88 bits per heavy atom. The quantitative estimate of drug-likeness (QED) is 0.646. The molecule has 1 aromatic carbocycles. The number of nitrogens with one attached hydrogen (secondary N) is 2. The number of likely N-dealkylation sites (N-methyl/N-ethyl adjacent to an activating group) is 2. The van der Waals surface area contributed by atoms with E-state index in [0.29, 0.717) is 6.04 Å². The summed E-state index contributed by atoms with van der Waals surface area (Å²) in [6.45, 7) is 4.93. The Bertz CT molecular complexity index is 723. The van der Waals surface area contributed by atoms with Crippen LogP contribution in [0.2, 0.25) is 0 Å². The third kappa shape index (κ3) is 4.46. The molecule has 0 amide bonds. The van der Waals surface area contributed by atoms with E-state index < -0.39 is 0 Å². The van der Waals surface area contributed by atoms with Gasteiger partial charge in [0.2, 0.25) is 0 Å². The van der Waals surface area contributed by atoms with Crippen molar-refractivity contribution in [3.05, 3.63) is 42.1 Å². The number of nitrogens with zero attached hydrogens (tertiary/aromatic N) is 4. The summed E-state index contributed by atoms with van der Waals surface area (Å²) < 4.78 is 0. The minimum atomic E-state index is 0.499. The van der Waals surface area contributed by atoms with E-state index in [2.05, 4.69) is 62.7 Å². The summed E-state index contributed by atoms with van der Waals surface area (Å²) in [4.78, 5) is 13.6. The molecule has 0 aliphatic carbocycles. The molecule has 2 heterocycles. The molecule has 1 aliphatic rings. The minimum absolute atomic E-state index is 0.499. The highest BCUT2D eigenvalue weighted by Crippen LogP contribution is 2.15.